The molecule has 0 aliphatic carbocycles. The molecule has 0 aliphatic rings. The summed E-state index contributed by atoms with van der Waals surface area (Å²) in [6.07, 6.45) is 0. The van der Waals surface area contributed by atoms with E-state index in [0.717, 1.165) is 5.56 Å². The molecule has 82 valence electrons. The Labute approximate surface area is 94.8 Å². The van der Waals surface area contributed by atoms with Crippen LogP contribution in [0.25, 0.3) is 0 Å². The van der Waals surface area contributed by atoms with Crippen LogP contribution in [0.4, 0.5) is 0 Å². The standard InChI is InChI=1S/C11H15ClN2O/c1-8(14-11(15)7-13-2)9-3-5-10(12)6-4-9/h3-6,8,13H,7H2,1-2H3,(H,14,15). The molecule has 1 rings (SSSR count). The van der Waals surface area contributed by atoms with Crippen LogP contribution in [-0.2, 0) is 4.79 Å². The number of likely N-dealkylation sites (N-methyl/N-ethyl adjacent to an activating group) is 1. The van der Waals surface area contributed by atoms with Gasteiger partial charge in [0.1, 0.15) is 0 Å². The summed E-state index contributed by atoms with van der Waals surface area (Å²) >= 11 is 5.77. The van der Waals surface area contributed by atoms with E-state index in [0.29, 0.717) is 11.6 Å². The summed E-state index contributed by atoms with van der Waals surface area (Å²) in [5.41, 5.74) is 1.05. The molecule has 4 heteroatoms. The summed E-state index contributed by atoms with van der Waals surface area (Å²) in [6.45, 7) is 2.27. The van der Waals surface area contributed by atoms with Crippen molar-refractivity contribution in [1.82, 2.24) is 10.6 Å². The molecule has 1 unspecified atom stereocenters. The van der Waals surface area contributed by atoms with E-state index in [1.807, 2.05) is 31.2 Å². The van der Waals surface area contributed by atoms with Crippen LogP contribution >= 0.6 is 11.6 Å². The zero-order valence-corrected chi connectivity index (χ0v) is 9.64. The summed E-state index contributed by atoms with van der Waals surface area (Å²) in [5.74, 6) is -0.0139. The van der Waals surface area contributed by atoms with Crippen molar-refractivity contribution in [3.63, 3.8) is 0 Å². The normalized spacial score (nSPS) is 12.2. The number of carbonyl (C=O) groups is 1. The van der Waals surface area contributed by atoms with Gasteiger partial charge in [0.05, 0.1) is 12.6 Å². The van der Waals surface area contributed by atoms with Crippen molar-refractivity contribution < 1.29 is 4.79 Å². The smallest absolute Gasteiger partial charge is 0.234 e. The van der Waals surface area contributed by atoms with E-state index in [1.165, 1.54) is 0 Å². The van der Waals surface area contributed by atoms with Gasteiger partial charge in [-0.1, -0.05) is 23.7 Å². The van der Waals surface area contributed by atoms with Crippen LogP contribution in [-0.4, -0.2) is 19.5 Å². The fourth-order valence-electron chi connectivity index (χ4n) is 1.29. The minimum atomic E-state index is -0.0139. The third-order valence-corrected chi connectivity index (χ3v) is 2.34. The highest BCUT2D eigenvalue weighted by molar-refractivity contribution is 6.30. The third-order valence-electron chi connectivity index (χ3n) is 2.08. The van der Waals surface area contributed by atoms with Gasteiger partial charge < -0.3 is 10.6 Å². The first-order valence-corrected chi connectivity index (χ1v) is 5.20. The highest BCUT2D eigenvalue weighted by Gasteiger charge is 2.07. The zero-order valence-electron chi connectivity index (χ0n) is 8.88. The summed E-state index contributed by atoms with van der Waals surface area (Å²) < 4.78 is 0. The topological polar surface area (TPSA) is 41.1 Å². The molecule has 3 nitrogen and oxygen atoms in total. The highest BCUT2D eigenvalue weighted by Crippen LogP contribution is 2.15. The molecule has 1 atom stereocenters. The number of hydrogen-bond donors (Lipinski definition) is 2. The fourth-order valence-corrected chi connectivity index (χ4v) is 1.41. The molecular formula is C11H15ClN2O. The summed E-state index contributed by atoms with van der Waals surface area (Å²) in [5, 5.41) is 6.37. The Morgan fingerprint density at radius 1 is 1.40 bits per heavy atom. The van der Waals surface area contributed by atoms with Gasteiger partial charge in [-0.25, -0.2) is 0 Å². The van der Waals surface area contributed by atoms with Crippen LogP contribution in [0.1, 0.15) is 18.5 Å². The van der Waals surface area contributed by atoms with Crippen molar-refractivity contribution in [2.75, 3.05) is 13.6 Å². The molecule has 0 radical (unpaired) electrons. The van der Waals surface area contributed by atoms with Crippen molar-refractivity contribution in [2.24, 2.45) is 0 Å². The SMILES string of the molecule is CNCC(=O)NC(C)c1ccc(Cl)cc1. The molecule has 0 aromatic heterocycles. The molecular weight excluding hydrogens is 212 g/mol. The second-order valence-electron chi connectivity index (χ2n) is 3.37. The first-order valence-electron chi connectivity index (χ1n) is 4.83. The van der Waals surface area contributed by atoms with Crippen LogP contribution in [0.5, 0.6) is 0 Å². The number of carbonyl (C=O) groups excluding carboxylic acids is 1. The van der Waals surface area contributed by atoms with Gasteiger partial charge in [-0.3, -0.25) is 4.79 Å². The van der Waals surface area contributed by atoms with E-state index >= 15 is 0 Å². The molecule has 0 saturated carbocycles. The van der Waals surface area contributed by atoms with Gasteiger partial charge in [-0.2, -0.15) is 0 Å². The minimum Gasteiger partial charge on any atom is -0.348 e. The lowest BCUT2D eigenvalue weighted by atomic mass is 10.1. The van der Waals surface area contributed by atoms with Gasteiger partial charge >= 0.3 is 0 Å². The second-order valence-corrected chi connectivity index (χ2v) is 3.81. The Bertz CT molecular complexity index is 324. The molecule has 1 amide bonds. The maximum absolute atomic E-state index is 11.3. The molecule has 0 aliphatic heterocycles. The lowest BCUT2D eigenvalue weighted by Gasteiger charge is -2.14. The Kier molecular flexibility index (Phi) is 4.59. The Balaban J connectivity index is 2.57. The van der Waals surface area contributed by atoms with Gasteiger partial charge in [0.15, 0.2) is 0 Å². The molecule has 1 aromatic rings. The molecule has 0 heterocycles. The van der Waals surface area contributed by atoms with Crippen molar-refractivity contribution in [3.05, 3.63) is 34.9 Å². The minimum absolute atomic E-state index is 0.00289. The fraction of sp³-hybridized carbons (Fsp3) is 0.364. The number of halogens is 1. The first kappa shape index (κ1) is 12.0. The monoisotopic (exact) mass is 226 g/mol. The van der Waals surface area contributed by atoms with E-state index in [2.05, 4.69) is 10.6 Å². The van der Waals surface area contributed by atoms with Gasteiger partial charge in [-0.15, -0.1) is 0 Å². The number of hydrogen-bond acceptors (Lipinski definition) is 2. The maximum atomic E-state index is 11.3. The van der Waals surface area contributed by atoms with Crippen LogP contribution in [0, 0.1) is 0 Å². The molecule has 0 bridgehead atoms. The average molecular weight is 227 g/mol. The van der Waals surface area contributed by atoms with E-state index in [1.54, 1.807) is 7.05 Å². The maximum Gasteiger partial charge on any atom is 0.234 e. The van der Waals surface area contributed by atoms with E-state index in [4.69, 9.17) is 11.6 Å². The number of nitrogens with one attached hydrogen (secondary N) is 2. The Hall–Kier alpha value is -1.06. The molecule has 0 saturated heterocycles. The zero-order chi connectivity index (χ0) is 11.3. The predicted molar refractivity (Wildman–Crippen MR) is 61.9 cm³/mol. The first-order chi connectivity index (χ1) is 7.13. The Morgan fingerprint density at radius 3 is 2.53 bits per heavy atom. The Morgan fingerprint density at radius 2 is 2.00 bits per heavy atom. The lowest BCUT2D eigenvalue weighted by molar-refractivity contribution is -0.120. The highest BCUT2D eigenvalue weighted by atomic mass is 35.5. The summed E-state index contributed by atoms with van der Waals surface area (Å²) in [7, 11) is 1.74. The van der Waals surface area contributed by atoms with Crippen molar-refractivity contribution in [3.8, 4) is 0 Å². The van der Waals surface area contributed by atoms with Crippen LogP contribution in [0.15, 0.2) is 24.3 Å². The number of rotatable bonds is 4. The second kappa shape index (κ2) is 5.73. The van der Waals surface area contributed by atoms with Crippen LogP contribution in [0.2, 0.25) is 5.02 Å². The molecule has 15 heavy (non-hydrogen) atoms. The average Bonchev–Trinajstić information content (AvgIpc) is 2.18. The van der Waals surface area contributed by atoms with E-state index < -0.39 is 0 Å². The quantitative estimate of drug-likeness (QED) is 0.821. The number of amides is 1. The molecule has 0 fully saturated rings. The van der Waals surface area contributed by atoms with Gasteiger partial charge in [-0.05, 0) is 31.7 Å². The summed E-state index contributed by atoms with van der Waals surface area (Å²) in [4.78, 5) is 11.3. The van der Waals surface area contributed by atoms with Gasteiger partial charge in [0.2, 0.25) is 5.91 Å². The van der Waals surface area contributed by atoms with Crippen LogP contribution in [0.3, 0.4) is 0 Å². The van der Waals surface area contributed by atoms with E-state index in [9.17, 15) is 4.79 Å². The van der Waals surface area contributed by atoms with Gasteiger partial charge in [0.25, 0.3) is 0 Å². The van der Waals surface area contributed by atoms with Gasteiger partial charge in [0, 0.05) is 5.02 Å². The predicted octanol–water partition coefficient (Wildman–Crippen LogP) is 1.74. The van der Waals surface area contributed by atoms with E-state index in [-0.39, 0.29) is 11.9 Å². The lowest BCUT2D eigenvalue weighted by Crippen LogP contribution is -2.33. The molecule has 2 N–H and O–H groups in total. The van der Waals surface area contributed by atoms with Crippen LogP contribution < -0.4 is 10.6 Å². The number of benzene rings is 1. The summed E-state index contributed by atoms with van der Waals surface area (Å²) in [6, 6.07) is 7.46. The third kappa shape index (κ3) is 3.90. The van der Waals surface area contributed by atoms with Crippen molar-refractivity contribution >= 4 is 17.5 Å². The van der Waals surface area contributed by atoms with Crippen molar-refractivity contribution in [1.29, 1.82) is 0 Å². The van der Waals surface area contributed by atoms with Crippen molar-refractivity contribution in [2.45, 2.75) is 13.0 Å². The molecule has 1 aromatic carbocycles. The molecule has 0 spiro atoms. The largest absolute Gasteiger partial charge is 0.348 e.